The first kappa shape index (κ1) is 20.9. The van der Waals surface area contributed by atoms with E-state index in [1.54, 1.807) is 16.9 Å². The molecule has 0 spiro atoms. The van der Waals surface area contributed by atoms with Gasteiger partial charge in [-0.3, -0.25) is 14.2 Å². The lowest BCUT2D eigenvalue weighted by Gasteiger charge is -2.11. The van der Waals surface area contributed by atoms with Crippen LogP contribution in [-0.4, -0.2) is 21.2 Å². The van der Waals surface area contributed by atoms with E-state index in [1.807, 2.05) is 44.2 Å². The molecule has 0 saturated carbocycles. The van der Waals surface area contributed by atoms with Gasteiger partial charge in [0, 0.05) is 15.0 Å². The summed E-state index contributed by atoms with van der Waals surface area (Å²) < 4.78 is 7.90. The predicted molar refractivity (Wildman–Crippen MR) is 125 cm³/mol. The maximum atomic E-state index is 13.3. The molecule has 4 rings (SSSR count). The largest absolute Gasteiger partial charge is 0.467 e. The highest BCUT2D eigenvalue weighted by Crippen LogP contribution is 2.29. The number of carbonyl (C=O) groups is 1. The fourth-order valence-electron chi connectivity index (χ4n) is 3.01. The number of hydrogen-bond acceptors (Lipinski definition) is 6. The Bertz CT molecular complexity index is 1280. The summed E-state index contributed by atoms with van der Waals surface area (Å²) in [5.74, 6) is 0.616. The summed E-state index contributed by atoms with van der Waals surface area (Å²) in [7, 11) is 0. The second-order valence-electron chi connectivity index (χ2n) is 6.68. The van der Waals surface area contributed by atoms with E-state index < -0.39 is 0 Å². The molecule has 3 heterocycles. The van der Waals surface area contributed by atoms with Crippen molar-refractivity contribution in [2.24, 2.45) is 0 Å². The third-order valence-electron chi connectivity index (χ3n) is 4.59. The second-order valence-corrected chi connectivity index (χ2v) is 9.74. The van der Waals surface area contributed by atoms with Gasteiger partial charge < -0.3 is 9.73 Å². The molecule has 1 aromatic carbocycles. The number of halogens is 1. The lowest BCUT2D eigenvalue weighted by molar-refractivity contribution is -0.113. The van der Waals surface area contributed by atoms with Crippen molar-refractivity contribution in [3.8, 4) is 0 Å². The average molecular weight is 504 g/mol. The number of nitrogens with one attached hydrogen (secondary N) is 1. The van der Waals surface area contributed by atoms with Crippen molar-refractivity contribution in [3.63, 3.8) is 0 Å². The van der Waals surface area contributed by atoms with Gasteiger partial charge in [0.2, 0.25) is 5.91 Å². The lowest BCUT2D eigenvalue weighted by atomic mass is 10.2. The third kappa shape index (κ3) is 4.38. The topological polar surface area (TPSA) is 77.1 Å². The molecule has 0 bridgehead atoms. The van der Waals surface area contributed by atoms with Gasteiger partial charge in [0.25, 0.3) is 5.56 Å². The van der Waals surface area contributed by atoms with E-state index in [4.69, 9.17) is 9.40 Å². The number of hydrogen-bond donors (Lipinski definition) is 1. The number of fused-ring (bicyclic) bond motifs is 1. The van der Waals surface area contributed by atoms with Crippen molar-refractivity contribution in [3.05, 3.63) is 73.7 Å². The summed E-state index contributed by atoms with van der Waals surface area (Å²) >= 11 is 6.12. The Balaban J connectivity index is 1.63. The Labute approximate surface area is 189 Å². The van der Waals surface area contributed by atoms with Crippen molar-refractivity contribution >= 4 is 60.8 Å². The fraction of sp³-hybridized carbons (Fsp3) is 0.190. The zero-order valence-electron chi connectivity index (χ0n) is 16.3. The SMILES string of the molecule is Cc1sc2nc(SCC(=O)Nc3cccc(Br)c3)n(Cc3ccco3)c(=O)c2c1C. The van der Waals surface area contributed by atoms with Gasteiger partial charge >= 0.3 is 0 Å². The molecule has 3 aromatic heterocycles. The number of aromatic nitrogens is 2. The molecule has 0 aliphatic rings. The summed E-state index contributed by atoms with van der Waals surface area (Å²) in [4.78, 5) is 32.2. The minimum absolute atomic E-state index is 0.117. The minimum Gasteiger partial charge on any atom is -0.467 e. The summed E-state index contributed by atoms with van der Waals surface area (Å²) in [6, 6.07) is 11.0. The maximum Gasteiger partial charge on any atom is 0.263 e. The molecule has 0 aliphatic heterocycles. The van der Waals surface area contributed by atoms with Crippen LogP contribution in [0.15, 0.2) is 61.5 Å². The summed E-state index contributed by atoms with van der Waals surface area (Å²) in [5.41, 5.74) is 1.54. The number of thioether (sulfide) groups is 1. The van der Waals surface area contributed by atoms with E-state index in [9.17, 15) is 9.59 Å². The zero-order valence-corrected chi connectivity index (χ0v) is 19.5. The Kier molecular flexibility index (Phi) is 6.12. The van der Waals surface area contributed by atoms with E-state index in [1.165, 1.54) is 23.1 Å². The van der Waals surface area contributed by atoms with E-state index in [-0.39, 0.29) is 23.8 Å². The minimum atomic E-state index is -0.171. The highest BCUT2D eigenvalue weighted by atomic mass is 79.9. The molecular weight excluding hydrogens is 486 g/mol. The van der Waals surface area contributed by atoms with Crippen LogP contribution in [0.4, 0.5) is 5.69 Å². The molecule has 0 atom stereocenters. The molecule has 0 radical (unpaired) electrons. The lowest BCUT2D eigenvalue weighted by Crippen LogP contribution is -2.24. The van der Waals surface area contributed by atoms with E-state index >= 15 is 0 Å². The highest BCUT2D eigenvalue weighted by molar-refractivity contribution is 9.10. The van der Waals surface area contributed by atoms with E-state index in [0.29, 0.717) is 26.8 Å². The summed E-state index contributed by atoms with van der Waals surface area (Å²) in [6.07, 6.45) is 1.57. The number of amides is 1. The quantitative estimate of drug-likeness (QED) is 0.288. The number of carbonyl (C=O) groups excluding carboxylic acids is 1. The van der Waals surface area contributed by atoms with Gasteiger partial charge in [0.1, 0.15) is 10.6 Å². The van der Waals surface area contributed by atoms with Crippen LogP contribution in [0.2, 0.25) is 0 Å². The Morgan fingerprint density at radius 3 is 2.87 bits per heavy atom. The molecule has 154 valence electrons. The van der Waals surface area contributed by atoms with Crippen molar-refractivity contribution in [1.82, 2.24) is 9.55 Å². The molecule has 1 amide bonds. The number of benzene rings is 1. The Morgan fingerprint density at radius 2 is 2.13 bits per heavy atom. The normalized spacial score (nSPS) is 11.2. The van der Waals surface area contributed by atoms with E-state index in [0.717, 1.165) is 14.9 Å². The van der Waals surface area contributed by atoms with Crippen molar-refractivity contribution in [2.45, 2.75) is 25.5 Å². The van der Waals surface area contributed by atoms with Crippen LogP contribution in [0, 0.1) is 13.8 Å². The van der Waals surface area contributed by atoms with Gasteiger partial charge in [-0.15, -0.1) is 11.3 Å². The molecule has 1 N–H and O–H groups in total. The number of furan rings is 1. The highest BCUT2D eigenvalue weighted by Gasteiger charge is 2.18. The third-order valence-corrected chi connectivity index (χ3v) is 7.16. The number of thiophene rings is 1. The first-order valence-electron chi connectivity index (χ1n) is 9.13. The van der Waals surface area contributed by atoms with Crippen LogP contribution in [0.25, 0.3) is 10.2 Å². The predicted octanol–water partition coefficient (Wildman–Crippen LogP) is 5.21. The first-order valence-corrected chi connectivity index (χ1v) is 11.7. The molecule has 0 aliphatic carbocycles. The number of anilines is 1. The standard InChI is InChI=1S/C21H18BrN3O3S2/c1-12-13(2)30-19-18(12)20(27)25(10-16-7-4-8-28-16)21(24-19)29-11-17(26)23-15-6-3-5-14(22)9-15/h3-9H,10-11H2,1-2H3,(H,23,26). The number of aryl methyl sites for hydroxylation is 2. The van der Waals surface area contributed by atoms with Crippen molar-refractivity contribution in [1.29, 1.82) is 0 Å². The number of nitrogens with zero attached hydrogens (tertiary/aromatic N) is 2. The Hall–Kier alpha value is -2.36. The second kappa shape index (κ2) is 8.79. The van der Waals surface area contributed by atoms with E-state index in [2.05, 4.69) is 21.2 Å². The summed E-state index contributed by atoms with van der Waals surface area (Å²) in [5, 5.41) is 3.99. The van der Waals surface area contributed by atoms with Crippen LogP contribution in [-0.2, 0) is 11.3 Å². The fourth-order valence-corrected chi connectivity index (χ4v) is 5.28. The first-order chi connectivity index (χ1) is 14.4. The Morgan fingerprint density at radius 1 is 1.30 bits per heavy atom. The van der Waals surface area contributed by atoms with Crippen LogP contribution in [0.5, 0.6) is 0 Å². The van der Waals surface area contributed by atoms with Crippen LogP contribution >= 0.6 is 39.0 Å². The van der Waals surface area contributed by atoms with Crippen molar-refractivity contribution in [2.75, 3.05) is 11.1 Å². The van der Waals surface area contributed by atoms with Crippen LogP contribution in [0.3, 0.4) is 0 Å². The van der Waals surface area contributed by atoms with Crippen LogP contribution < -0.4 is 10.9 Å². The van der Waals surface area contributed by atoms with Gasteiger partial charge in [-0.1, -0.05) is 33.8 Å². The molecule has 0 saturated heterocycles. The van der Waals surface area contributed by atoms with Crippen LogP contribution in [0.1, 0.15) is 16.2 Å². The van der Waals surface area contributed by atoms with Gasteiger partial charge in [-0.25, -0.2) is 4.98 Å². The summed E-state index contributed by atoms with van der Waals surface area (Å²) in [6.45, 7) is 4.18. The monoisotopic (exact) mass is 503 g/mol. The zero-order chi connectivity index (χ0) is 21.3. The van der Waals surface area contributed by atoms with Gasteiger partial charge in [-0.05, 0) is 49.7 Å². The van der Waals surface area contributed by atoms with Gasteiger partial charge in [0.05, 0.1) is 23.9 Å². The molecule has 9 heteroatoms. The van der Waals surface area contributed by atoms with Gasteiger partial charge in [0.15, 0.2) is 5.16 Å². The molecular formula is C21H18BrN3O3S2. The molecule has 0 unspecified atom stereocenters. The van der Waals surface area contributed by atoms with Crippen molar-refractivity contribution < 1.29 is 9.21 Å². The average Bonchev–Trinajstić information content (AvgIpc) is 3.31. The molecule has 0 fully saturated rings. The maximum absolute atomic E-state index is 13.3. The van der Waals surface area contributed by atoms with Gasteiger partial charge in [-0.2, -0.15) is 0 Å². The smallest absolute Gasteiger partial charge is 0.263 e. The molecule has 30 heavy (non-hydrogen) atoms. The number of rotatable bonds is 6. The molecule has 6 nitrogen and oxygen atoms in total. The molecule has 4 aromatic rings.